The van der Waals surface area contributed by atoms with Gasteiger partial charge in [-0.2, -0.15) is 13.2 Å². The highest BCUT2D eigenvalue weighted by atomic mass is 32.2. The molecule has 0 radical (unpaired) electrons. The molecule has 0 bridgehead atoms. The Morgan fingerprint density at radius 1 is 1.25 bits per heavy atom. The molecule has 2 N–H and O–H groups in total. The first-order chi connectivity index (χ1) is 15.0. The van der Waals surface area contributed by atoms with Gasteiger partial charge in [-0.1, -0.05) is 6.92 Å². The zero-order valence-electron chi connectivity index (χ0n) is 17.5. The molecule has 0 saturated heterocycles. The number of hydrogen-bond donors (Lipinski definition) is 2. The molecule has 2 aromatic rings. The third kappa shape index (κ3) is 5.09. The first kappa shape index (κ1) is 24.1. The van der Waals surface area contributed by atoms with E-state index in [0.29, 0.717) is 21.9 Å². The lowest BCUT2D eigenvalue weighted by molar-refractivity contribution is -0.137. The Balaban J connectivity index is 1.75. The first-order valence-corrected chi connectivity index (χ1v) is 11.5. The molecule has 1 aromatic heterocycles. The number of alkyl halides is 3. The number of thiophene rings is 1. The molecule has 1 atom stereocenters. The Bertz CT molecular complexity index is 1070. The van der Waals surface area contributed by atoms with E-state index in [9.17, 15) is 27.6 Å². The van der Waals surface area contributed by atoms with Crippen molar-refractivity contribution in [1.82, 2.24) is 0 Å². The zero-order chi connectivity index (χ0) is 23.6. The molecular weight excluding hydrogens is 465 g/mol. The van der Waals surface area contributed by atoms with E-state index >= 15 is 0 Å². The second kappa shape index (κ2) is 9.53. The van der Waals surface area contributed by atoms with E-state index in [4.69, 9.17) is 4.74 Å². The number of thioether (sulfide) groups is 1. The summed E-state index contributed by atoms with van der Waals surface area (Å²) in [5, 5.41) is 4.69. The van der Waals surface area contributed by atoms with Gasteiger partial charge < -0.3 is 15.4 Å². The molecule has 1 unspecified atom stereocenters. The van der Waals surface area contributed by atoms with E-state index in [1.807, 2.05) is 13.8 Å². The van der Waals surface area contributed by atoms with Crippen molar-refractivity contribution in [3.63, 3.8) is 0 Å². The minimum absolute atomic E-state index is 0.0672. The van der Waals surface area contributed by atoms with Crippen LogP contribution in [-0.2, 0) is 26.9 Å². The number of esters is 1. The lowest BCUT2D eigenvalue weighted by Gasteiger charge is -2.24. The highest BCUT2D eigenvalue weighted by Gasteiger charge is 2.34. The van der Waals surface area contributed by atoms with Gasteiger partial charge in [0.25, 0.3) is 0 Å². The smallest absolute Gasteiger partial charge is 0.416 e. The molecule has 2 heterocycles. The normalized spacial score (nSPS) is 15.7. The number of nitrogens with one attached hydrogen (secondary N) is 2. The zero-order valence-corrected chi connectivity index (χ0v) is 19.1. The summed E-state index contributed by atoms with van der Waals surface area (Å²) >= 11 is 2.28. The van der Waals surface area contributed by atoms with Gasteiger partial charge in [0.2, 0.25) is 11.8 Å². The maximum Gasteiger partial charge on any atom is 0.416 e. The number of carbonyl (C=O) groups is 3. The van der Waals surface area contributed by atoms with Crippen molar-refractivity contribution >= 4 is 51.6 Å². The standard InChI is InChI=1S/C21H21F3N2O4S2/c1-4-12-10(3)31-19(17(12)20(29)30-5-2)26-16(27)9-15-18(28)25-13-8-11(21(22,23)24)6-7-14(13)32-15/h6-8,15H,4-5,9H2,1-3H3,(H,25,28)(H,26,27). The lowest BCUT2D eigenvalue weighted by Crippen LogP contribution is -2.32. The summed E-state index contributed by atoms with van der Waals surface area (Å²) in [6.07, 6.45) is -4.14. The highest BCUT2D eigenvalue weighted by molar-refractivity contribution is 8.01. The Kier molecular flexibility index (Phi) is 7.19. The van der Waals surface area contributed by atoms with Crippen molar-refractivity contribution in [3.8, 4) is 0 Å². The average Bonchev–Trinajstić information content (AvgIpc) is 3.02. The van der Waals surface area contributed by atoms with Gasteiger partial charge in [-0.25, -0.2) is 4.79 Å². The van der Waals surface area contributed by atoms with E-state index in [2.05, 4.69) is 10.6 Å². The summed E-state index contributed by atoms with van der Waals surface area (Å²) in [6, 6.07) is 3.10. The summed E-state index contributed by atoms with van der Waals surface area (Å²) < 4.78 is 43.8. The van der Waals surface area contributed by atoms with Gasteiger partial charge in [-0.15, -0.1) is 23.1 Å². The largest absolute Gasteiger partial charge is 0.462 e. The number of halogens is 3. The number of rotatable bonds is 6. The van der Waals surface area contributed by atoms with Gasteiger partial charge in [0.15, 0.2) is 0 Å². The Morgan fingerprint density at radius 3 is 2.59 bits per heavy atom. The number of anilines is 2. The van der Waals surface area contributed by atoms with Gasteiger partial charge in [0.1, 0.15) is 5.00 Å². The second-order valence-corrected chi connectivity index (χ2v) is 9.44. The quantitative estimate of drug-likeness (QED) is 0.545. The molecule has 0 fully saturated rings. The van der Waals surface area contributed by atoms with E-state index in [1.165, 1.54) is 17.4 Å². The van der Waals surface area contributed by atoms with Crippen LogP contribution in [0.15, 0.2) is 23.1 Å². The van der Waals surface area contributed by atoms with Crippen molar-refractivity contribution in [2.24, 2.45) is 0 Å². The summed E-state index contributed by atoms with van der Waals surface area (Å²) in [7, 11) is 0. The SMILES string of the molecule is CCOC(=O)c1c(NC(=O)CC2Sc3ccc(C(F)(F)F)cc3NC2=O)sc(C)c1CC. The fraction of sp³-hybridized carbons (Fsp3) is 0.381. The van der Waals surface area contributed by atoms with Crippen LogP contribution in [-0.4, -0.2) is 29.6 Å². The van der Waals surface area contributed by atoms with Crippen LogP contribution in [0.1, 0.15) is 46.6 Å². The molecule has 32 heavy (non-hydrogen) atoms. The number of hydrogen-bond acceptors (Lipinski definition) is 6. The second-order valence-electron chi connectivity index (χ2n) is 6.97. The van der Waals surface area contributed by atoms with E-state index in [0.717, 1.165) is 34.3 Å². The summed E-state index contributed by atoms with van der Waals surface area (Å²) in [5.74, 6) is -1.56. The van der Waals surface area contributed by atoms with E-state index in [-0.39, 0.29) is 18.7 Å². The first-order valence-electron chi connectivity index (χ1n) is 9.83. The molecule has 0 aliphatic carbocycles. The molecule has 172 valence electrons. The lowest BCUT2D eigenvalue weighted by atomic mass is 10.1. The maximum absolute atomic E-state index is 12.9. The van der Waals surface area contributed by atoms with Crippen LogP contribution in [0.4, 0.5) is 23.9 Å². The molecule has 0 saturated carbocycles. The Labute approximate surface area is 190 Å². The van der Waals surface area contributed by atoms with Crippen LogP contribution in [0.2, 0.25) is 0 Å². The average molecular weight is 487 g/mol. The van der Waals surface area contributed by atoms with Crippen LogP contribution in [0.3, 0.4) is 0 Å². The number of benzene rings is 1. The third-order valence-corrected chi connectivity index (χ3v) is 7.13. The predicted molar refractivity (Wildman–Crippen MR) is 117 cm³/mol. The van der Waals surface area contributed by atoms with Gasteiger partial charge in [-0.3, -0.25) is 9.59 Å². The van der Waals surface area contributed by atoms with Crippen molar-refractivity contribution < 1.29 is 32.3 Å². The van der Waals surface area contributed by atoms with E-state index < -0.39 is 34.8 Å². The number of fused-ring (bicyclic) bond motifs is 1. The van der Waals surface area contributed by atoms with Crippen LogP contribution < -0.4 is 10.6 Å². The summed E-state index contributed by atoms with van der Waals surface area (Å²) in [6.45, 7) is 5.63. The fourth-order valence-electron chi connectivity index (χ4n) is 3.32. The molecule has 0 spiro atoms. The number of aryl methyl sites for hydroxylation is 1. The van der Waals surface area contributed by atoms with Gasteiger partial charge >= 0.3 is 12.1 Å². The van der Waals surface area contributed by atoms with Crippen LogP contribution >= 0.6 is 23.1 Å². The molecule has 11 heteroatoms. The molecule has 6 nitrogen and oxygen atoms in total. The van der Waals surface area contributed by atoms with Crippen molar-refractivity contribution in [1.29, 1.82) is 0 Å². The Hall–Kier alpha value is -2.53. The van der Waals surface area contributed by atoms with Crippen molar-refractivity contribution in [2.45, 2.75) is 49.9 Å². The minimum atomic E-state index is -4.52. The van der Waals surface area contributed by atoms with Crippen molar-refractivity contribution in [3.05, 3.63) is 39.8 Å². The summed E-state index contributed by atoms with van der Waals surface area (Å²) in [4.78, 5) is 38.8. The van der Waals surface area contributed by atoms with Gasteiger partial charge in [-0.05, 0) is 44.0 Å². The van der Waals surface area contributed by atoms with Crippen molar-refractivity contribution in [2.75, 3.05) is 17.2 Å². The molecule has 1 aromatic carbocycles. The van der Waals surface area contributed by atoms with Gasteiger partial charge in [0.05, 0.1) is 28.7 Å². The van der Waals surface area contributed by atoms with E-state index in [1.54, 1.807) is 6.92 Å². The topological polar surface area (TPSA) is 84.5 Å². The maximum atomic E-state index is 12.9. The fourth-order valence-corrected chi connectivity index (χ4v) is 5.56. The molecule has 1 aliphatic rings. The molecule has 2 amide bonds. The Morgan fingerprint density at radius 2 is 1.97 bits per heavy atom. The van der Waals surface area contributed by atoms with Crippen LogP contribution in [0.25, 0.3) is 0 Å². The highest BCUT2D eigenvalue weighted by Crippen LogP contribution is 2.41. The van der Waals surface area contributed by atoms with Crippen LogP contribution in [0, 0.1) is 6.92 Å². The third-order valence-electron chi connectivity index (χ3n) is 4.79. The van der Waals surface area contributed by atoms with Gasteiger partial charge in [0, 0.05) is 16.2 Å². The molecule has 3 rings (SSSR count). The minimum Gasteiger partial charge on any atom is -0.462 e. The van der Waals surface area contributed by atoms with Crippen LogP contribution in [0.5, 0.6) is 0 Å². The number of carbonyl (C=O) groups excluding carboxylic acids is 3. The molecular formula is C21H21F3N2O4S2. The summed E-state index contributed by atoms with van der Waals surface area (Å²) in [5.41, 5.74) is 0.316. The number of amides is 2. The number of ether oxygens (including phenoxy) is 1. The molecule has 1 aliphatic heterocycles. The monoisotopic (exact) mass is 486 g/mol. The predicted octanol–water partition coefficient (Wildman–Crippen LogP) is 5.26.